The quantitative estimate of drug-likeness (QED) is 0.189. The molecule has 1 atom stereocenters. The van der Waals surface area contributed by atoms with E-state index in [2.05, 4.69) is 5.32 Å². The molecular formula is C34H34Cl2N2O2. The van der Waals surface area contributed by atoms with Gasteiger partial charge >= 0.3 is 0 Å². The lowest BCUT2D eigenvalue weighted by Gasteiger charge is -2.33. The van der Waals surface area contributed by atoms with Gasteiger partial charge in [-0.05, 0) is 40.8 Å². The van der Waals surface area contributed by atoms with Gasteiger partial charge in [-0.1, -0.05) is 127 Å². The Morgan fingerprint density at radius 1 is 0.750 bits per heavy atom. The summed E-state index contributed by atoms with van der Waals surface area (Å²) in [5.41, 5.74) is 3.88. The Hall–Kier alpha value is -3.60. The zero-order chi connectivity index (χ0) is 28.3. The number of nitrogens with zero attached hydrogens (tertiary/aromatic N) is 1. The summed E-state index contributed by atoms with van der Waals surface area (Å²) < 4.78 is 0. The third kappa shape index (κ3) is 7.97. The van der Waals surface area contributed by atoms with Gasteiger partial charge in [0.05, 0.1) is 10.0 Å². The molecule has 0 fully saturated rings. The van der Waals surface area contributed by atoms with E-state index in [1.807, 2.05) is 104 Å². The van der Waals surface area contributed by atoms with Gasteiger partial charge in [-0.3, -0.25) is 9.59 Å². The summed E-state index contributed by atoms with van der Waals surface area (Å²) in [4.78, 5) is 29.7. The van der Waals surface area contributed by atoms with E-state index in [0.717, 1.165) is 28.7 Å². The third-order valence-electron chi connectivity index (χ3n) is 6.94. The fourth-order valence-electron chi connectivity index (χ4n) is 4.85. The van der Waals surface area contributed by atoms with Gasteiger partial charge in [0, 0.05) is 31.8 Å². The average molecular weight is 574 g/mol. The van der Waals surface area contributed by atoms with Crippen LogP contribution in [0.1, 0.15) is 47.9 Å². The van der Waals surface area contributed by atoms with Crippen molar-refractivity contribution in [1.82, 2.24) is 10.2 Å². The Morgan fingerprint density at radius 2 is 1.32 bits per heavy atom. The predicted molar refractivity (Wildman–Crippen MR) is 164 cm³/mol. The topological polar surface area (TPSA) is 49.4 Å². The fraction of sp³-hybridized carbons (Fsp3) is 0.235. The van der Waals surface area contributed by atoms with Crippen LogP contribution in [0.3, 0.4) is 0 Å². The van der Waals surface area contributed by atoms with E-state index >= 15 is 0 Å². The molecular weight excluding hydrogens is 539 g/mol. The van der Waals surface area contributed by atoms with Gasteiger partial charge in [0.2, 0.25) is 11.8 Å². The summed E-state index contributed by atoms with van der Waals surface area (Å²) >= 11 is 12.5. The molecule has 1 unspecified atom stereocenters. The maximum Gasteiger partial charge on any atom is 0.243 e. The summed E-state index contributed by atoms with van der Waals surface area (Å²) in [6.45, 7) is 2.77. The van der Waals surface area contributed by atoms with Crippen molar-refractivity contribution >= 4 is 35.0 Å². The molecule has 4 nitrogen and oxygen atoms in total. The molecule has 40 heavy (non-hydrogen) atoms. The molecule has 0 spiro atoms. The van der Waals surface area contributed by atoms with Crippen molar-refractivity contribution in [3.63, 3.8) is 0 Å². The van der Waals surface area contributed by atoms with Crippen LogP contribution < -0.4 is 5.32 Å². The van der Waals surface area contributed by atoms with Crippen LogP contribution in [-0.4, -0.2) is 29.3 Å². The van der Waals surface area contributed by atoms with Crippen molar-refractivity contribution in [1.29, 1.82) is 0 Å². The summed E-state index contributed by atoms with van der Waals surface area (Å²) in [6.07, 6.45) is 1.40. The van der Waals surface area contributed by atoms with Crippen LogP contribution in [0, 0.1) is 0 Å². The van der Waals surface area contributed by atoms with Crippen molar-refractivity contribution in [3.05, 3.63) is 141 Å². The minimum atomic E-state index is -0.705. The SMILES string of the molecule is CCCNC(=O)C(Cc1ccccc1)N(Cc1ccc(Cl)c(Cl)c1)C(=O)CC(c1ccccc1)c1ccccc1. The second-order valence-corrected chi connectivity index (χ2v) is 10.7. The molecule has 0 aromatic heterocycles. The molecule has 0 saturated carbocycles. The van der Waals surface area contributed by atoms with Crippen molar-refractivity contribution in [2.75, 3.05) is 6.54 Å². The number of carbonyl (C=O) groups excluding carboxylic acids is 2. The number of hydrogen-bond donors (Lipinski definition) is 1. The number of amides is 2. The highest BCUT2D eigenvalue weighted by Crippen LogP contribution is 2.30. The molecule has 0 bridgehead atoms. The van der Waals surface area contributed by atoms with Gasteiger partial charge in [0.25, 0.3) is 0 Å². The molecule has 0 aliphatic carbocycles. The lowest BCUT2D eigenvalue weighted by Crippen LogP contribution is -2.50. The number of hydrogen-bond acceptors (Lipinski definition) is 2. The molecule has 206 valence electrons. The molecule has 4 rings (SSSR count). The molecule has 0 aliphatic rings. The smallest absolute Gasteiger partial charge is 0.243 e. The van der Waals surface area contributed by atoms with E-state index in [1.165, 1.54) is 0 Å². The van der Waals surface area contributed by atoms with E-state index < -0.39 is 6.04 Å². The summed E-state index contributed by atoms with van der Waals surface area (Å²) in [7, 11) is 0. The van der Waals surface area contributed by atoms with Gasteiger partial charge in [-0.25, -0.2) is 0 Å². The minimum absolute atomic E-state index is 0.114. The predicted octanol–water partition coefficient (Wildman–Crippen LogP) is 7.68. The van der Waals surface area contributed by atoms with Crippen LogP contribution in [0.4, 0.5) is 0 Å². The zero-order valence-electron chi connectivity index (χ0n) is 22.6. The molecule has 1 N–H and O–H groups in total. The van der Waals surface area contributed by atoms with E-state index in [1.54, 1.807) is 17.0 Å². The first-order chi connectivity index (χ1) is 19.5. The first-order valence-corrected chi connectivity index (χ1v) is 14.4. The zero-order valence-corrected chi connectivity index (χ0v) is 24.1. The Kier molecular flexibility index (Phi) is 10.8. The maximum absolute atomic E-state index is 14.4. The Balaban J connectivity index is 1.74. The third-order valence-corrected chi connectivity index (χ3v) is 7.68. The largest absolute Gasteiger partial charge is 0.354 e. The monoisotopic (exact) mass is 572 g/mol. The number of benzene rings is 4. The van der Waals surface area contributed by atoms with Crippen LogP contribution in [0.2, 0.25) is 10.0 Å². The maximum atomic E-state index is 14.4. The fourth-order valence-corrected chi connectivity index (χ4v) is 5.17. The minimum Gasteiger partial charge on any atom is -0.354 e. The lowest BCUT2D eigenvalue weighted by atomic mass is 9.87. The van der Waals surface area contributed by atoms with Gasteiger partial charge < -0.3 is 10.2 Å². The summed E-state index contributed by atoms with van der Waals surface area (Å²) in [5.74, 6) is -0.450. The van der Waals surface area contributed by atoms with E-state index in [4.69, 9.17) is 23.2 Å². The van der Waals surface area contributed by atoms with Crippen LogP contribution in [0.25, 0.3) is 0 Å². The standard InChI is InChI=1S/C34H34Cl2N2O2/c1-2-20-37-34(40)32(22-25-12-6-3-7-13-25)38(24-26-18-19-30(35)31(36)21-26)33(39)23-29(27-14-8-4-9-15-27)28-16-10-5-11-17-28/h3-19,21,29,32H,2,20,22-24H2,1H3,(H,37,40). The van der Waals surface area contributed by atoms with Crippen LogP contribution in [0.5, 0.6) is 0 Å². The van der Waals surface area contributed by atoms with E-state index in [9.17, 15) is 9.59 Å². The van der Waals surface area contributed by atoms with Gasteiger partial charge in [0.15, 0.2) is 0 Å². The normalized spacial score (nSPS) is 11.7. The van der Waals surface area contributed by atoms with Gasteiger partial charge in [0.1, 0.15) is 6.04 Å². The Labute approximate surface area is 246 Å². The second kappa shape index (κ2) is 14.7. The van der Waals surface area contributed by atoms with Crippen molar-refractivity contribution in [3.8, 4) is 0 Å². The number of halogens is 2. The highest BCUT2D eigenvalue weighted by Gasteiger charge is 2.32. The van der Waals surface area contributed by atoms with Crippen molar-refractivity contribution in [2.45, 2.75) is 44.7 Å². The number of rotatable bonds is 12. The highest BCUT2D eigenvalue weighted by molar-refractivity contribution is 6.42. The highest BCUT2D eigenvalue weighted by atomic mass is 35.5. The molecule has 6 heteroatoms. The van der Waals surface area contributed by atoms with Crippen LogP contribution in [-0.2, 0) is 22.6 Å². The van der Waals surface area contributed by atoms with E-state index in [0.29, 0.717) is 23.0 Å². The van der Waals surface area contributed by atoms with Gasteiger partial charge in [-0.15, -0.1) is 0 Å². The van der Waals surface area contributed by atoms with Crippen molar-refractivity contribution < 1.29 is 9.59 Å². The summed E-state index contributed by atoms with van der Waals surface area (Å²) in [6, 6.07) is 34.5. The molecule has 0 heterocycles. The Bertz CT molecular complexity index is 1340. The van der Waals surface area contributed by atoms with Gasteiger partial charge in [-0.2, -0.15) is 0 Å². The van der Waals surface area contributed by atoms with Crippen LogP contribution >= 0.6 is 23.2 Å². The molecule has 0 saturated heterocycles. The lowest BCUT2D eigenvalue weighted by molar-refractivity contribution is -0.141. The molecule has 2 amide bonds. The first-order valence-electron chi connectivity index (χ1n) is 13.6. The Morgan fingerprint density at radius 3 is 1.88 bits per heavy atom. The second-order valence-electron chi connectivity index (χ2n) is 9.84. The first kappa shape index (κ1) is 29.4. The number of carbonyl (C=O) groups is 2. The molecule has 0 radical (unpaired) electrons. The van der Waals surface area contributed by atoms with E-state index in [-0.39, 0.29) is 30.7 Å². The van der Waals surface area contributed by atoms with Crippen molar-refractivity contribution in [2.24, 2.45) is 0 Å². The molecule has 4 aromatic rings. The van der Waals surface area contributed by atoms with Crippen LogP contribution in [0.15, 0.2) is 109 Å². The average Bonchev–Trinajstić information content (AvgIpc) is 2.99. The summed E-state index contributed by atoms with van der Waals surface area (Å²) in [5, 5.41) is 3.88. The molecule has 4 aromatic carbocycles. The number of nitrogens with one attached hydrogen (secondary N) is 1. The molecule has 0 aliphatic heterocycles.